The van der Waals surface area contributed by atoms with Gasteiger partial charge in [-0.05, 0) is 58.5 Å². The van der Waals surface area contributed by atoms with Gasteiger partial charge < -0.3 is 9.92 Å². The van der Waals surface area contributed by atoms with Gasteiger partial charge in [0.15, 0.2) is 0 Å². The highest BCUT2D eigenvalue weighted by atomic mass is 32.3. The standard InChI is InChI=1S/C22H21NO4S/c1-2-21(16-6-4-3-5-7-16)22(17-8-12-19(23)13-9-17)18-10-14-20(15-11-18)27-28(24,25)26/h3-15H,2,23H2,1H3,(H,24,25,26)/b22-21-. The first kappa shape index (κ1) is 19.7. The Bertz CT molecular complexity index is 1070. The molecule has 3 rings (SSSR count). The molecule has 0 aliphatic rings. The normalized spacial score (nSPS) is 12.4. The third-order valence-electron chi connectivity index (χ3n) is 4.32. The first-order valence-corrected chi connectivity index (χ1v) is 10.2. The Balaban J connectivity index is 2.16. The highest BCUT2D eigenvalue weighted by Gasteiger charge is 2.14. The van der Waals surface area contributed by atoms with Crippen molar-refractivity contribution in [2.45, 2.75) is 13.3 Å². The van der Waals surface area contributed by atoms with Crippen molar-refractivity contribution in [2.75, 3.05) is 5.73 Å². The lowest BCUT2D eigenvalue weighted by Crippen LogP contribution is -2.06. The molecule has 0 saturated heterocycles. The largest absolute Gasteiger partial charge is 0.446 e. The average Bonchev–Trinajstić information content (AvgIpc) is 2.67. The monoisotopic (exact) mass is 395 g/mol. The molecule has 3 aromatic rings. The minimum atomic E-state index is -4.56. The maximum Gasteiger partial charge on any atom is 0.446 e. The summed E-state index contributed by atoms with van der Waals surface area (Å²) in [6, 6.07) is 24.3. The van der Waals surface area contributed by atoms with Gasteiger partial charge in [-0.2, -0.15) is 8.42 Å². The van der Waals surface area contributed by atoms with E-state index in [4.69, 9.17) is 10.3 Å². The minimum Gasteiger partial charge on any atom is -0.399 e. The van der Waals surface area contributed by atoms with Crippen LogP contribution in [0.1, 0.15) is 30.0 Å². The lowest BCUT2D eigenvalue weighted by atomic mass is 9.88. The molecule has 0 saturated carbocycles. The summed E-state index contributed by atoms with van der Waals surface area (Å²) in [6.07, 6.45) is 0.799. The molecule has 0 unspecified atom stereocenters. The van der Waals surface area contributed by atoms with E-state index in [1.807, 2.05) is 42.5 Å². The number of allylic oxidation sites excluding steroid dienone is 1. The van der Waals surface area contributed by atoms with Crippen LogP contribution in [0.4, 0.5) is 5.69 Å². The van der Waals surface area contributed by atoms with Crippen LogP contribution in [0.15, 0.2) is 78.9 Å². The fraction of sp³-hybridized carbons (Fsp3) is 0.0909. The van der Waals surface area contributed by atoms with Gasteiger partial charge in [0.1, 0.15) is 5.75 Å². The van der Waals surface area contributed by atoms with Gasteiger partial charge in [0.05, 0.1) is 0 Å². The van der Waals surface area contributed by atoms with Crippen LogP contribution in [0.2, 0.25) is 0 Å². The van der Waals surface area contributed by atoms with Crippen LogP contribution in [0.5, 0.6) is 5.75 Å². The van der Waals surface area contributed by atoms with Gasteiger partial charge >= 0.3 is 10.4 Å². The molecule has 0 amide bonds. The van der Waals surface area contributed by atoms with Gasteiger partial charge in [-0.3, -0.25) is 4.55 Å². The topological polar surface area (TPSA) is 89.6 Å². The Labute approximate surface area is 165 Å². The predicted molar refractivity (Wildman–Crippen MR) is 112 cm³/mol. The van der Waals surface area contributed by atoms with Crippen LogP contribution in [0.3, 0.4) is 0 Å². The Morgan fingerprint density at radius 2 is 1.39 bits per heavy atom. The van der Waals surface area contributed by atoms with Crippen molar-refractivity contribution in [1.82, 2.24) is 0 Å². The minimum absolute atomic E-state index is 0.0423. The third kappa shape index (κ3) is 4.79. The van der Waals surface area contributed by atoms with Crippen LogP contribution in [-0.4, -0.2) is 13.0 Å². The van der Waals surface area contributed by atoms with Crippen LogP contribution >= 0.6 is 0 Å². The molecule has 0 aromatic heterocycles. The second kappa shape index (κ2) is 8.29. The van der Waals surface area contributed by atoms with Crippen LogP contribution < -0.4 is 9.92 Å². The Morgan fingerprint density at radius 3 is 1.89 bits per heavy atom. The number of nitrogen functional groups attached to an aromatic ring is 1. The van der Waals surface area contributed by atoms with E-state index in [-0.39, 0.29) is 5.75 Å². The van der Waals surface area contributed by atoms with Gasteiger partial charge in [0, 0.05) is 5.69 Å². The molecule has 3 N–H and O–H groups in total. The van der Waals surface area contributed by atoms with Crippen LogP contribution in [0, 0.1) is 0 Å². The van der Waals surface area contributed by atoms with E-state index in [0.717, 1.165) is 34.3 Å². The number of hydrogen-bond acceptors (Lipinski definition) is 4. The summed E-state index contributed by atoms with van der Waals surface area (Å²) in [5, 5.41) is 0. The van der Waals surface area contributed by atoms with Gasteiger partial charge in [-0.25, -0.2) is 0 Å². The summed E-state index contributed by atoms with van der Waals surface area (Å²) in [4.78, 5) is 0. The Morgan fingerprint density at radius 1 is 0.857 bits per heavy atom. The molecule has 0 aliphatic heterocycles. The highest BCUT2D eigenvalue weighted by Crippen LogP contribution is 2.35. The summed E-state index contributed by atoms with van der Waals surface area (Å²) in [5.74, 6) is 0.0423. The van der Waals surface area contributed by atoms with Crippen molar-refractivity contribution in [3.8, 4) is 5.75 Å². The fourth-order valence-electron chi connectivity index (χ4n) is 3.13. The van der Waals surface area contributed by atoms with E-state index >= 15 is 0 Å². The first-order valence-electron chi connectivity index (χ1n) is 8.79. The van der Waals surface area contributed by atoms with Gasteiger partial charge in [0.2, 0.25) is 0 Å². The molecule has 0 spiro atoms. The molecular formula is C22H21NO4S. The van der Waals surface area contributed by atoms with Gasteiger partial charge in [-0.1, -0.05) is 61.5 Å². The van der Waals surface area contributed by atoms with E-state index < -0.39 is 10.4 Å². The summed E-state index contributed by atoms with van der Waals surface area (Å²) >= 11 is 0. The molecule has 0 atom stereocenters. The molecule has 0 fully saturated rings. The van der Waals surface area contributed by atoms with Gasteiger partial charge in [0.25, 0.3) is 0 Å². The van der Waals surface area contributed by atoms with Crippen molar-refractivity contribution in [3.63, 3.8) is 0 Å². The number of nitrogens with two attached hydrogens (primary N) is 1. The number of rotatable bonds is 6. The van der Waals surface area contributed by atoms with Crippen molar-refractivity contribution >= 4 is 27.2 Å². The van der Waals surface area contributed by atoms with Crippen molar-refractivity contribution in [3.05, 3.63) is 95.6 Å². The zero-order valence-corrected chi connectivity index (χ0v) is 16.2. The quantitative estimate of drug-likeness (QED) is 0.355. The maximum atomic E-state index is 10.9. The van der Waals surface area contributed by atoms with E-state index in [0.29, 0.717) is 5.69 Å². The molecule has 6 heteroatoms. The fourth-order valence-corrected chi connectivity index (χ4v) is 3.48. The first-order chi connectivity index (χ1) is 13.4. The Hall–Kier alpha value is -3.09. The second-order valence-electron chi connectivity index (χ2n) is 6.23. The molecule has 0 radical (unpaired) electrons. The summed E-state index contributed by atoms with van der Waals surface area (Å²) in [7, 11) is -4.56. The zero-order valence-electron chi connectivity index (χ0n) is 15.4. The van der Waals surface area contributed by atoms with E-state index in [2.05, 4.69) is 23.2 Å². The lowest BCUT2D eigenvalue weighted by Gasteiger charge is -2.17. The lowest BCUT2D eigenvalue weighted by molar-refractivity contribution is 0.387. The third-order valence-corrected chi connectivity index (χ3v) is 4.72. The highest BCUT2D eigenvalue weighted by molar-refractivity contribution is 7.81. The molecule has 0 heterocycles. The van der Waals surface area contributed by atoms with Crippen molar-refractivity contribution < 1.29 is 17.2 Å². The summed E-state index contributed by atoms with van der Waals surface area (Å²) < 4.78 is 35.2. The second-order valence-corrected chi connectivity index (χ2v) is 7.25. The van der Waals surface area contributed by atoms with Crippen molar-refractivity contribution in [2.24, 2.45) is 0 Å². The number of anilines is 1. The summed E-state index contributed by atoms with van der Waals surface area (Å²) in [6.45, 7) is 2.09. The molecule has 0 aliphatic carbocycles. The molecule has 0 bridgehead atoms. The number of hydrogen-bond donors (Lipinski definition) is 2. The summed E-state index contributed by atoms with van der Waals surface area (Å²) in [5.41, 5.74) is 11.7. The zero-order chi connectivity index (χ0) is 20.1. The van der Waals surface area contributed by atoms with Crippen molar-refractivity contribution in [1.29, 1.82) is 0 Å². The van der Waals surface area contributed by atoms with E-state index in [1.54, 1.807) is 12.1 Å². The molecule has 3 aromatic carbocycles. The molecule has 28 heavy (non-hydrogen) atoms. The smallest absolute Gasteiger partial charge is 0.399 e. The molecule has 5 nitrogen and oxygen atoms in total. The average molecular weight is 395 g/mol. The van der Waals surface area contributed by atoms with E-state index in [9.17, 15) is 8.42 Å². The SMILES string of the molecule is CC/C(=C(\c1ccc(N)cc1)c1ccc(OS(=O)(=O)O)cc1)c1ccccc1. The Kier molecular flexibility index (Phi) is 5.82. The van der Waals surface area contributed by atoms with Gasteiger partial charge in [-0.15, -0.1) is 0 Å². The maximum absolute atomic E-state index is 10.9. The van der Waals surface area contributed by atoms with Crippen LogP contribution in [-0.2, 0) is 10.4 Å². The molecular weight excluding hydrogens is 374 g/mol. The van der Waals surface area contributed by atoms with Crippen LogP contribution in [0.25, 0.3) is 11.1 Å². The van der Waals surface area contributed by atoms with E-state index in [1.165, 1.54) is 12.1 Å². The number of benzene rings is 3. The molecule has 144 valence electrons. The predicted octanol–water partition coefficient (Wildman–Crippen LogP) is 4.82.